The number of anilines is 1. The number of aromatic amines is 2. The van der Waals surface area contributed by atoms with Gasteiger partial charge in [0.2, 0.25) is 5.88 Å². The van der Waals surface area contributed by atoms with Crippen LogP contribution in [0.4, 0.5) is 10.5 Å². The molecule has 0 radical (unpaired) electrons. The third-order valence-electron chi connectivity index (χ3n) is 7.13. The molecule has 1 amide bonds. The maximum absolute atomic E-state index is 13.2. The van der Waals surface area contributed by atoms with Crippen LogP contribution in [0.15, 0.2) is 83.9 Å². The van der Waals surface area contributed by atoms with Gasteiger partial charge in [0.1, 0.15) is 0 Å². The van der Waals surface area contributed by atoms with Gasteiger partial charge < -0.3 is 15.0 Å². The number of nitrogens with one attached hydrogen (secondary N) is 4. The van der Waals surface area contributed by atoms with Crippen molar-refractivity contribution in [2.24, 2.45) is 0 Å². The molecule has 0 aliphatic heterocycles. The van der Waals surface area contributed by atoms with E-state index in [0.717, 1.165) is 35.2 Å². The second-order valence-electron chi connectivity index (χ2n) is 11.3. The van der Waals surface area contributed by atoms with Crippen LogP contribution >= 0.6 is 0 Å². The molecule has 4 N–H and O–H groups in total. The first kappa shape index (κ1) is 28.9. The Balaban J connectivity index is 1.37. The molecule has 0 saturated heterocycles. The summed E-state index contributed by atoms with van der Waals surface area (Å²) in [6.45, 7) is 8.64. The molecule has 0 aliphatic carbocycles. The Morgan fingerprint density at radius 3 is 2.40 bits per heavy atom. The van der Waals surface area contributed by atoms with E-state index in [-0.39, 0.29) is 16.2 Å². The van der Waals surface area contributed by atoms with Gasteiger partial charge in [-0.25, -0.2) is 13.2 Å². The molecule has 0 aliphatic rings. The maximum atomic E-state index is 13.2. The molecule has 9 nitrogen and oxygen atoms in total. The van der Waals surface area contributed by atoms with Gasteiger partial charge in [-0.3, -0.25) is 9.82 Å². The summed E-state index contributed by atoms with van der Waals surface area (Å²) in [5.41, 5.74) is 5.66. The molecule has 0 saturated carbocycles. The van der Waals surface area contributed by atoms with Gasteiger partial charge in [-0.05, 0) is 72.2 Å². The molecule has 0 unspecified atom stereocenters. The van der Waals surface area contributed by atoms with Crippen molar-refractivity contribution in [3.63, 3.8) is 0 Å². The van der Waals surface area contributed by atoms with Gasteiger partial charge in [0.05, 0.1) is 16.7 Å². The SMILES string of the molecule is Cc1[nH]ncc1CCCNC(=O)Oc1[nH]c2ccc(NS(=O)(=O)c3ccc(C(C)(C)C)cc3)cc2c1-c1ccccc1. The third kappa shape index (κ3) is 6.49. The number of hydrogen-bond acceptors (Lipinski definition) is 5. The highest BCUT2D eigenvalue weighted by atomic mass is 32.2. The largest absolute Gasteiger partial charge is 0.413 e. The Morgan fingerprint density at radius 2 is 1.74 bits per heavy atom. The monoisotopic (exact) mass is 585 g/mol. The van der Waals surface area contributed by atoms with Gasteiger partial charge in [0, 0.05) is 28.8 Å². The lowest BCUT2D eigenvalue weighted by Crippen LogP contribution is -2.28. The van der Waals surface area contributed by atoms with E-state index < -0.39 is 16.1 Å². The van der Waals surface area contributed by atoms with E-state index in [2.05, 4.69) is 46.0 Å². The Bertz CT molecular complexity index is 1800. The first-order chi connectivity index (χ1) is 20.0. The van der Waals surface area contributed by atoms with Crippen molar-refractivity contribution in [3.8, 4) is 17.0 Å². The molecular formula is C32H35N5O4S. The van der Waals surface area contributed by atoms with Gasteiger partial charge in [-0.1, -0.05) is 63.2 Å². The molecular weight excluding hydrogens is 550 g/mol. The van der Waals surface area contributed by atoms with Gasteiger partial charge in [0.15, 0.2) is 0 Å². The van der Waals surface area contributed by atoms with E-state index >= 15 is 0 Å². The van der Waals surface area contributed by atoms with Crippen LogP contribution in [0.25, 0.3) is 22.0 Å². The van der Waals surface area contributed by atoms with E-state index in [1.165, 1.54) is 0 Å². The second-order valence-corrected chi connectivity index (χ2v) is 13.0. The van der Waals surface area contributed by atoms with E-state index in [4.69, 9.17) is 4.74 Å². The Kier molecular flexibility index (Phi) is 8.08. The fraction of sp³-hybridized carbons (Fsp3) is 0.250. The second kappa shape index (κ2) is 11.7. The zero-order valence-corrected chi connectivity index (χ0v) is 24.9. The summed E-state index contributed by atoms with van der Waals surface area (Å²) in [4.78, 5) is 16.1. The predicted octanol–water partition coefficient (Wildman–Crippen LogP) is 6.69. The highest BCUT2D eigenvalue weighted by Gasteiger charge is 2.21. The summed E-state index contributed by atoms with van der Waals surface area (Å²) in [7, 11) is -3.83. The first-order valence-corrected chi connectivity index (χ1v) is 15.3. The van der Waals surface area contributed by atoms with E-state index in [1.807, 2.05) is 49.4 Å². The zero-order valence-electron chi connectivity index (χ0n) is 24.1. The number of fused-ring (bicyclic) bond motifs is 1. The number of ether oxygens (including phenoxy) is 1. The van der Waals surface area contributed by atoms with Gasteiger partial charge in [0.25, 0.3) is 10.0 Å². The number of aromatic nitrogens is 3. The number of carbonyl (C=O) groups is 1. The van der Waals surface area contributed by atoms with Gasteiger partial charge >= 0.3 is 6.09 Å². The van der Waals surface area contributed by atoms with Crippen LogP contribution in [0.1, 0.15) is 44.0 Å². The smallest absolute Gasteiger partial charge is 0.393 e. The molecule has 0 spiro atoms. The lowest BCUT2D eigenvalue weighted by atomic mass is 9.87. The molecule has 0 bridgehead atoms. The molecule has 5 aromatic rings. The number of hydrogen-bond donors (Lipinski definition) is 4. The zero-order chi connectivity index (χ0) is 29.9. The minimum Gasteiger partial charge on any atom is -0.393 e. The molecule has 0 fully saturated rings. The number of H-pyrrole nitrogens is 2. The molecule has 218 valence electrons. The molecule has 42 heavy (non-hydrogen) atoms. The summed E-state index contributed by atoms with van der Waals surface area (Å²) in [6.07, 6.45) is 2.73. The number of sulfonamides is 1. The van der Waals surface area contributed by atoms with Crippen molar-refractivity contribution in [2.45, 2.75) is 50.8 Å². The van der Waals surface area contributed by atoms with Crippen LogP contribution in [0, 0.1) is 6.92 Å². The Hall–Kier alpha value is -4.57. The quantitative estimate of drug-likeness (QED) is 0.143. The number of amides is 1. The van der Waals surface area contributed by atoms with Crippen molar-refractivity contribution in [2.75, 3.05) is 11.3 Å². The summed E-state index contributed by atoms with van der Waals surface area (Å²) in [5.74, 6) is 0.275. The average Bonchev–Trinajstić information content (AvgIpc) is 3.53. The Morgan fingerprint density at radius 1 is 1.00 bits per heavy atom. The average molecular weight is 586 g/mol. The number of aryl methyl sites for hydroxylation is 2. The minimum absolute atomic E-state index is 0.0843. The minimum atomic E-state index is -3.83. The highest BCUT2D eigenvalue weighted by Crippen LogP contribution is 2.39. The normalized spacial score (nSPS) is 11.9. The fourth-order valence-electron chi connectivity index (χ4n) is 4.77. The molecule has 10 heteroatoms. The van der Waals surface area contributed by atoms with Crippen LogP contribution in [0.2, 0.25) is 0 Å². The molecule has 2 heterocycles. The maximum Gasteiger partial charge on any atom is 0.413 e. The van der Waals surface area contributed by atoms with Crippen LogP contribution in [0.5, 0.6) is 5.88 Å². The summed E-state index contributed by atoms with van der Waals surface area (Å²) >= 11 is 0. The van der Waals surface area contributed by atoms with Crippen molar-refractivity contribution in [1.82, 2.24) is 20.5 Å². The van der Waals surface area contributed by atoms with Crippen LogP contribution < -0.4 is 14.8 Å². The lowest BCUT2D eigenvalue weighted by Gasteiger charge is -2.19. The molecule has 0 atom stereocenters. The van der Waals surface area contributed by atoms with Crippen molar-refractivity contribution >= 4 is 32.7 Å². The fourth-order valence-corrected chi connectivity index (χ4v) is 5.82. The van der Waals surface area contributed by atoms with Crippen LogP contribution in [-0.4, -0.2) is 36.2 Å². The number of carbonyl (C=O) groups excluding carboxylic acids is 1. The number of benzene rings is 3. The van der Waals surface area contributed by atoms with Crippen LogP contribution in [0.3, 0.4) is 0 Å². The van der Waals surface area contributed by atoms with Gasteiger partial charge in [-0.2, -0.15) is 5.10 Å². The van der Waals surface area contributed by atoms with Crippen molar-refractivity contribution in [1.29, 1.82) is 0 Å². The number of nitrogens with zero attached hydrogens (tertiary/aromatic N) is 1. The predicted molar refractivity (Wildman–Crippen MR) is 165 cm³/mol. The standard InChI is InChI=1S/C32H35N5O4S/c1-21-23(20-34-36-21)11-8-18-33-31(38)41-30-29(22-9-6-5-7-10-22)27-19-25(14-17-28(27)35-30)37-42(39,40)26-15-12-24(13-16-26)32(2,3)4/h5-7,9-10,12-17,19-20,35,37H,8,11,18H2,1-4H3,(H,33,38)(H,34,36). The Labute approximate surface area is 245 Å². The third-order valence-corrected chi connectivity index (χ3v) is 8.53. The topological polar surface area (TPSA) is 129 Å². The summed E-state index contributed by atoms with van der Waals surface area (Å²) in [6, 6.07) is 21.6. The van der Waals surface area contributed by atoms with E-state index in [0.29, 0.717) is 28.7 Å². The van der Waals surface area contributed by atoms with E-state index in [1.54, 1.807) is 36.5 Å². The molecule has 3 aromatic carbocycles. The van der Waals surface area contributed by atoms with Crippen molar-refractivity contribution in [3.05, 3.63) is 95.8 Å². The lowest BCUT2D eigenvalue weighted by molar-refractivity contribution is 0.199. The highest BCUT2D eigenvalue weighted by molar-refractivity contribution is 7.92. The number of rotatable bonds is 9. The van der Waals surface area contributed by atoms with Gasteiger partial charge in [-0.15, -0.1) is 0 Å². The summed E-state index contributed by atoms with van der Waals surface area (Å²) < 4.78 is 34.9. The first-order valence-electron chi connectivity index (χ1n) is 13.8. The molecule has 5 rings (SSSR count). The van der Waals surface area contributed by atoms with E-state index in [9.17, 15) is 13.2 Å². The summed E-state index contributed by atoms with van der Waals surface area (Å²) in [5, 5.41) is 10.5. The van der Waals surface area contributed by atoms with Crippen molar-refractivity contribution < 1.29 is 17.9 Å². The van der Waals surface area contributed by atoms with Crippen LogP contribution in [-0.2, 0) is 21.9 Å². The molecule has 2 aromatic heterocycles.